The molecule has 0 fully saturated rings. The molecule has 90 valence electrons. The second-order valence-electron chi connectivity index (χ2n) is 4.08. The highest BCUT2D eigenvalue weighted by atomic mass is 15.3. The summed E-state index contributed by atoms with van der Waals surface area (Å²) in [6.45, 7) is 4.72. The maximum Gasteiger partial charge on any atom is 0.146 e. The van der Waals surface area contributed by atoms with Crippen LogP contribution in [-0.2, 0) is 13.6 Å². The van der Waals surface area contributed by atoms with Crippen LogP contribution in [0.15, 0.2) is 24.4 Å². The Hall–Kier alpha value is -1.75. The molecular weight excluding hydrogens is 214 g/mol. The van der Waals surface area contributed by atoms with Crippen molar-refractivity contribution in [1.82, 2.24) is 25.1 Å². The molecule has 1 N–H and O–H groups in total. The molecule has 0 amide bonds. The highest BCUT2D eigenvalue weighted by Crippen LogP contribution is 2.08. The van der Waals surface area contributed by atoms with Gasteiger partial charge in [-0.3, -0.25) is 4.98 Å². The molecule has 0 spiro atoms. The van der Waals surface area contributed by atoms with Gasteiger partial charge in [-0.1, -0.05) is 6.07 Å². The van der Waals surface area contributed by atoms with Crippen molar-refractivity contribution in [2.24, 2.45) is 7.05 Å². The average molecular weight is 231 g/mol. The lowest BCUT2D eigenvalue weighted by Gasteiger charge is -2.12. The Morgan fingerprint density at radius 3 is 2.76 bits per heavy atom. The standard InChI is InChI=1S/C12H17N5/c1-9(11-6-4-5-7-13-11)14-8-12-16-15-10(2)17(12)3/h4-7,9,14H,8H2,1-3H3/t9-/m1/s1. The largest absolute Gasteiger partial charge is 0.317 e. The Bertz CT molecular complexity index is 477. The zero-order valence-electron chi connectivity index (χ0n) is 10.4. The fourth-order valence-electron chi connectivity index (χ4n) is 1.59. The van der Waals surface area contributed by atoms with Crippen molar-refractivity contribution in [3.63, 3.8) is 0 Å². The maximum absolute atomic E-state index is 4.31. The summed E-state index contributed by atoms with van der Waals surface area (Å²) in [6, 6.07) is 6.13. The van der Waals surface area contributed by atoms with E-state index in [4.69, 9.17) is 0 Å². The molecule has 2 aromatic rings. The number of pyridine rings is 1. The van der Waals surface area contributed by atoms with Gasteiger partial charge in [-0.05, 0) is 26.0 Å². The van der Waals surface area contributed by atoms with E-state index in [-0.39, 0.29) is 6.04 Å². The van der Waals surface area contributed by atoms with Crippen LogP contribution in [0.1, 0.15) is 30.3 Å². The first-order valence-corrected chi connectivity index (χ1v) is 5.67. The van der Waals surface area contributed by atoms with Gasteiger partial charge in [0.15, 0.2) is 0 Å². The van der Waals surface area contributed by atoms with E-state index in [1.165, 1.54) is 0 Å². The molecule has 5 heteroatoms. The van der Waals surface area contributed by atoms with Crippen LogP contribution in [0.5, 0.6) is 0 Å². The number of hydrogen-bond donors (Lipinski definition) is 1. The normalized spacial score (nSPS) is 12.6. The van der Waals surface area contributed by atoms with Crippen LogP contribution in [0.4, 0.5) is 0 Å². The third-order valence-electron chi connectivity index (χ3n) is 2.88. The molecule has 1 atom stereocenters. The lowest BCUT2D eigenvalue weighted by molar-refractivity contribution is 0.537. The number of hydrogen-bond acceptors (Lipinski definition) is 4. The van der Waals surface area contributed by atoms with E-state index in [1.807, 2.05) is 36.7 Å². The highest BCUT2D eigenvalue weighted by Gasteiger charge is 2.08. The van der Waals surface area contributed by atoms with Crippen molar-refractivity contribution in [1.29, 1.82) is 0 Å². The highest BCUT2D eigenvalue weighted by molar-refractivity contribution is 5.07. The predicted molar refractivity (Wildman–Crippen MR) is 65.2 cm³/mol. The summed E-state index contributed by atoms with van der Waals surface area (Å²) in [6.07, 6.45) is 1.81. The smallest absolute Gasteiger partial charge is 0.146 e. The molecule has 2 aromatic heterocycles. The van der Waals surface area contributed by atoms with Crippen LogP contribution in [0.2, 0.25) is 0 Å². The Morgan fingerprint density at radius 1 is 1.35 bits per heavy atom. The van der Waals surface area contributed by atoms with Gasteiger partial charge in [0.25, 0.3) is 0 Å². The lowest BCUT2D eigenvalue weighted by atomic mass is 10.2. The van der Waals surface area contributed by atoms with Crippen molar-refractivity contribution in [2.45, 2.75) is 26.4 Å². The number of nitrogens with zero attached hydrogens (tertiary/aromatic N) is 4. The third kappa shape index (κ3) is 2.68. The summed E-state index contributed by atoms with van der Waals surface area (Å²) in [5.74, 6) is 1.86. The van der Waals surface area contributed by atoms with E-state index in [1.54, 1.807) is 6.20 Å². The summed E-state index contributed by atoms with van der Waals surface area (Å²) >= 11 is 0. The van der Waals surface area contributed by atoms with Crippen molar-refractivity contribution in [2.75, 3.05) is 0 Å². The zero-order valence-corrected chi connectivity index (χ0v) is 10.4. The molecule has 0 aliphatic rings. The molecule has 2 heterocycles. The van der Waals surface area contributed by atoms with Gasteiger partial charge in [0.2, 0.25) is 0 Å². The molecule has 0 radical (unpaired) electrons. The number of aryl methyl sites for hydroxylation is 1. The Morgan fingerprint density at radius 2 is 2.18 bits per heavy atom. The van der Waals surface area contributed by atoms with E-state index >= 15 is 0 Å². The van der Waals surface area contributed by atoms with Crippen LogP contribution in [0, 0.1) is 6.92 Å². The van der Waals surface area contributed by atoms with E-state index in [2.05, 4.69) is 27.4 Å². The van der Waals surface area contributed by atoms with Crippen molar-refractivity contribution < 1.29 is 0 Å². The first-order chi connectivity index (χ1) is 8.18. The second-order valence-corrected chi connectivity index (χ2v) is 4.08. The quantitative estimate of drug-likeness (QED) is 0.863. The van der Waals surface area contributed by atoms with Gasteiger partial charge >= 0.3 is 0 Å². The minimum atomic E-state index is 0.202. The SMILES string of the molecule is Cc1nnc(CN[C@H](C)c2ccccn2)n1C. The van der Waals surface area contributed by atoms with Gasteiger partial charge in [-0.2, -0.15) is 0 Å². The van der Waals surface area contributed by atoms with Crippen molar-refractivity contribution >= 4 is 0 Å². The Kier molecular flexibility index (Phi) is 3.49. The van der Waals surface area contributed by atoms with E-state index < -0.39 is 0 Å². The first kappa shape index (κ1) is 11.7. The number of nitrogens with one attached hydrogen (secondary N) is 1. The van der Waals surface area contributed by atoms with Crippen molar-refractivity contribution in [3.05, 3.63) is 41.7 Å². The molecule has 0 saturated carbocycles. The Labute approximate surface area is 101 Å². The summed E-state index contributed by atoms with van der Waals surface area (Å²) in [5, 5.41) is 11.5. The molecular formula is C12H17N5. The van der Waals surface area contributed by atoms with Gasteiger partial charge in [0, 0.05) is 19.3 Å². The van der Waals surface area contributed by atoms with Gasteiger partial charge in [0.1, 0.15) is 11.6 Å². The molecule has 0 unspecified atom stereocenters. The topological polar surface area (TPSA) is 55.6 Å². The van der Waals surface area contributed by atoms with Crippen molar-refractivity contribution in [3.8, 4) is 0 Å². The average Bonchev–Trinajstić information content (AvgIpc) is 2.68. The summed E-state index contributed by atoms with van der Waals surface area (Å²) in [4.78, 5) is 4.31. The van der Waals surface area contributed by atoms with Gasteiger partial charge in [0.05, 0.1) is 12.2 Å². The monoisotopic (exact) mass is 231 g/mol. The van der Waals surface area contributed by atoms with Crippen LogP contribution >= 0.6 is 0 Å². The first-order valence-electron chi connectivity index (χ1n) is 5.67. The second kappa shape index (κ2) is 5.05. The summed E-state index contributed by atoms with van der Waals surface area (Å²) in [7, 11) is 1.97. The third-order valence-corrected chi connectivity index (χ3v) is 2.88. The van der Waals surface area contributed by atoms with Crippen LogP contribution in [0.3, 0.4) is 0 Å². The van der Waals surface area contributed by atoms with E-state index in [9.17, 15) is 0 Å². The van der Waals surface area contributed by atoms with Gasteiger partial charge in [-0.25, -0.2) is 0 Å². The number of aromatic nitrogens is 4. The molecule has 0 aliphatic heterocycles. The van der Waals surface area contributed by atoms with Crippen LogP contribution < -0.4 is 5.32 Å². The lowest BCUT2D eigenvalue weighted by Crippen LogP contribution is -2.21. The van der Waals surface area contributed by atoms with Gasteiger partial charge < -0.3 is 9.88 Å². The minimum absolute atomic E-state index is 0.202. The van der Waals surface area contributed by atoms with E-state index in [0.717, 1.165) is 17.3 Å². The van der Waals surface area contributed by atoms with Crippen LogP contribution in [0.25, 0.3) is 0 Å². The summed E-state index contributed by atoms with van der Waals surface area (Å²) < 4.78 is 1.98. The number of rotatable bonds is 4. The minimum Gasteiger partial charge on any atom is -0.317 e. The molecule has 0 saturated heterocycles. The predicted octanol–water partition coefficient (Wildman–Crippen LogP) is 1.37. The van der Waals surface area contributed by atoms with Gasteiger partial charge in [-0.15, -0.1) is 10.2 Å². The Balaban J connectivity index is 1.97. The molecule has 0 bridgehead atoms. The fourth-order valence-corrected chi connectivity index (χ4v) is 1.59. The molecule has 17 heavy (non-hydrogen) atoms. The molecule has 5 nitrogen and oxygen atoms in total. The zero-order chi connectivity index (χ0) is 12.3. The molecule has 2 rings (SSSR count). The molecule has 0 aliphatic carbocycles. The van der Waals surface area contributed by atoms with Crippen LogP contribution in [-0.4, -0.2) is 19.7 Å². The summed E-state index contributed by atoms with van der Waals surface area (Å²) in [5.41, 5.74) is 1.03. The fraction of sp³-hybridized carbons (Fsp3) is 0.417. The van der Waals surface area contributed by atoms with E-state index in [0.29, 0.717) is 6.54 Å². The maximum atomic E-state index is 4.31. The molecule has 0 aromatic carbocycles.